The fourth-order valence-electron chi connectivity index (χ4n) is 5.03. The van der Waals surface area contributed by atoms with Crippen molar-refractivity contribution in [2.24, 2.45) is 0 Å². The third-order valence-electron chi connectivity index (χ3n) is 7.16. The van der Waals surface area contributed by atoms with Crippen LogP contribution in [0.3, 0.4) is 0 Å². The highest BCUT2D eigenvalue weighted by molar-refractivity contribution is 7.91. The van der Waals surface area contributed by atoms with E-state index in [1.54, 1.807) is 91.0 Å². The van der Waals surface area contributed by atoms with E-state index in [0.29, 0.717) is 6.29 Å². The van der Waals surface area contributed by atoms with Gasteiger partial charge in [-0.25, -0.2) is 21.6 Å². The van der Waals surface area contributed by atoms with Crippen LogP contribution in [0.5, 0.6) is 0 Å². The van der Waals surface area contributed by atoms with Crippen molar-refractivity contribution in [3.63, 3.8) is 0 Å². The molecule has 5 aromatic carbocycles. The third kappa shape index (κ3) is 6.54. The van der Waals surface area contributed by atoms with E-state index in [0.717, 1.165) is 0 Å². The third-order valence-corrected chi connectivity index (χ3v) is 10.9. The summed E-state index contributed by atoms with van der Waals surface area (Å²) in [5.41, 5.74) is 0.803. The maximum absolute atomic E-state index is 14.5. The normalized spacial score (nSPS) is 13.0. The molecule has 0 N–H and O–H groups in total. The number of esters is 1. The van der Waals surface area contributed by atoms with E-state index in [1.165, 1.54) is 48.5 Å². The molecule has 5 rings (SSSR count). The molecule has 0 aliphatic carbocycles. The zero-order valence-electron chi connectivity index (χ0n) is 23.4. The molecule has 0 bridgehead atoms. The maximum Gasteiger partial charge on any atom is 0.338 e. The largest absolute Gasteiger partial charge is 0.452 e. The van der Waals surface area contributed by atoms with E-state index in [1.807, 2.05) is 0 Å². The number of benzene rings is 5. The standard InChI is InChI=1S/C35H28O7S2/c36-24-27-16-10-13-23-32(27)34(44(40,41)30-20-8-3-9-21-30)33(42-35(37)26-14-4-1-5-15-26)31-22-12-11-17-28(31)25-43(38,39)29-18-6-2-7-19-29/h1-24,33-34H,25H2. The van der Waals surface area contributed by atoms with Gasteiger partial charge in [-0.3, -0.25) is 4.79 Å². The fourth-order valence-corrected chi connectivity index (χ4v) is 8.35. The number of hydrogen-bond acceptors (Lipinski definition) is 7. The smallest absolute Gasteiger partial charge is 0.338 e. The van der Waals surface area contributed by atoms with Crippen molar-refractivity contribution < 1.29 is 31.2 Å². The van der Waals surface area contributed by atoms with Gasteiger partial charge in [-0.15, -0.1) is 0 Å². The summed E-state index contributed by atoms with van der Waals surface area (Å²) in [6, 6.07) is 36.2. The molecule has 0 heterocycles. The van der Waals surface area contributed by atoms with Crippen LogP contribution in [0.2, 0.25) is 0 Å². The van der Waals surface area contributed by atoms with Crippen LogP contribution in [-0.4, -0.2) is 29.1 Å². The van der Waals surface area contributed by atoms with Gasteiger partial charge in [0.1, 0.15) is 17.6 Å². The molecule has 7 nitrogen and oxygen atoms in total. The monoisotopic (exact) mass is 624 g/mol. The minimum atomic E-state index is -4.36. The molecule has 0 aliphatic rings. The Kier molecular flexibility index (Phi) is 9.18. The number of ether oxygens (including phenoxy) is 1. The predicted molar refractivity (Wildman–Crippen MR) is 167 cm³/mol. The molecule has 0 saturated carbocycles. The number of hydrogen-bond donors (Lipinski definition) is 0. The van der Waals surface area contributed by atoms with Crippen LogP contribution in [-0.2, 0) is 30.2 Å². The van der Waals surface area contributed by atoms with Crippen molar-refractivity contribution in [1.29, 1.82) is 0 Å². The van der Waals surface area contributed by atoms with Gasteiger partial charge >= 0.3 is 5.97 Å². The molecule has 0 radical (unpaired) electrons. The SMILES string of the molecule is O=Cc1ccccc1C(C(OC(=O)c1ccccc1)c1ccccc1CS(=O)(=O)c1ccccc1)S(=O)(=O)c1ccccc1. The van der Waals surface area contributed by atoms with Crippen LogP contribution >= 0.6 is 0 Å². The second-order valence-corrected chi connectivity index (χ2v) is 14.0. The van der Waals surface area contributed by atoms with Gasteiger partial charge in [0.25, 0.3) is 0 Å². The number of sulfone groups is 2. The molecule has 0 aliphatic heterocycles. The number of carbonyl (C=O) groups is 2. The summed E-state index contributed by atoms with van der Waals surface area (Å²) < 4.78 is 62.1. The molecular formula is C35H28O7S2. The van der Waals surface area contributed by atoms with Crippen LogP contribution in [0.25, 0.3) is 0 Å². The van der Waals surface area contributed by atoms with Gasteiger partial charge in [0.15, 0.2) is 19.7 Å². The van der Waals surface area contributed by atoms with Crippen molar-refractivity contribution in [1.82, 2.24) is 0 Å². The zero-order valence-corrected chi connectivity index (χ0v) is 25.0. The summed E-state index contributed by atoms with van der Waals surface area (Å²) in [4.78, 5) is 25.9. The number of carbonyl (C=O) groups excluding carboxylic acids is 2. The van der Waals surface area contributed by atoms with E-state index in [2.05, 4.69) is 0 Å². The molecule has 44 heavy (non-hydrogen) atoms. The first kappa shape index (κ1) is 30.6. The minimum Gasteiger partial charge on any atom is -0.452 e. The molecule has 9 heteroatoms. The Hall–Kier alpha value is -4.86. The minimum absolute atomic E-state index is 0.0548. The molecule has 0 spiro atoms. The second kappa shape index (κ2) is 13.2. The predicted octanol–water partition coefficient (Wildman–Crippen LogP) is 6.59. The summed E-state index contributed by atoms with van der Waals surface area (Å²) in [5, 5.41) is -1.61. The highest BCUT2D eigenvalue weighted by atomic mass is 32.2. The first-order valence-electron chi connectivity index (χ1n) is 13.7. The Morgan fingerprint density at radius 3 is 1.73 bits per heavy atom. The van der Waals surface area contributed by atoms with E-state index in [-0.39, 0.29) is 37.6 Å². The van der Waals surface area contributed by atoms with Gasteiger partial charge in [0, 0.05) is 5.56 Å². The van der Waals surface area contributed by atoms with Crippen molar-refractivity contribution in [3.05, 3.63) is 167 Å². The Balaban J connectivity index is 1.75. The molecule has 2 atom stereocenters. The quantitative estimate of drug-likeness (QED) is 0.120. The van der Waals surface area contributed by atoms with Gasteiger partial charge in [0.2, 0.25) is 0 Å². The van der Waals surface area contributed by atoms with Gasteiger partial charge in [-0.2, -0.15) is 0 Å². The van der Waals surface area contributed by atoms with E-state index in [9.17, 15) is 26.4 Å². The van der Waals surface area contributed by atoms with Crippen molar-refractivity contribution in [3.8, 4) is 0 Å². The van der Waals surface area contributed by atoms with Crippen LogP contribution in [0.4, 0.5) is 0 Å². The summed E-state index contributed by atoms with van der Waals surface area (Å²) >= 11 is 0. The number of rotatable bonds is 11. The summed E-state index contributed by atoms with van der Waals surface area (Å²) in [6.45, 7) is 0. The second-order valence-electron chi connectivity index (χ2n) is 9.99. The van der Waals surface area contributed by atoms with Crippen LogP contribution in [0, 0.1) is 0 Å². The molecular weight excluding hydrogens is 597 g/mol. The van der Waals surface area contributed by atoms with E-state index in [4.69, 9.17) is 4.74 Å². The van der Waals surface area contributed by atoms with Gasteiger partial charge in [-0.05, 0) is 53.1 Å². The molecule has 5 aromatic rings. The van der Waals surface area contributed by atoms with E-state index < -0.39 is 42.8 Å². The molecule has 0 aromatic heterocycles. The van der Waals surface area contributed by atoms with E-state index >= 15 is 0 Å². The first-order chi connectivity index (χ1) is 21.2. The highest BCUT2D eigenvalue weighted by Crippen LogP contribution is 2.44. The van der Waals surface area contributed by atoms with Crippen molar-refractivity contribution in [2.75, 3.05) is 0 Å². The zero-order chi connectivity index (χ0) is 31.2. The Morgan fingerprint density at radius 1 is 0.614 bits per heavy atom. The fraction of sp³-hybridized carbons (Fsp3) is 0.0857. The topological polar surface area (TPSA) is 112 Å². The average Bonchev–Trinajstić information content (AvgIpc) is 3.06. The summed E-state index contributed by atoms with van der Waals surface area (Å²) in [7, 11) is -8.25. The molecule has 0 fully saturated rings. The lowest BCUT2D eigenvalue weighted by Gasteiger charge is -2.30. The lowest BCUT2D eigenvalue weighted by atomic mass is 9.94. The van der Waals surface area contributed by atoms with Gasteiger partial charge in [0.05, 0.1) is 21.1 Å². The summed E-state index contributed by atoms with van der Waals surface area (Å²) in [6.07, 6.45) is -0.999. The Bertz CT molecular complexity index is 1980. The lowest BCUT2D eigenvalue weighted by Crippen LogP contribution is -2.27. The van der Waals surface area contributed by atoms with Gasteiger partial charge in [-0.1, -0.05) is 103 Å². The van der Waals surface area contributed by atoms with Gasteiger partial charge < -0.3 is 4.74 Å². The molecule has 0 amide bonds. The summed E-state index contributed by atoms with van der Waals surface area (Å²) in [5.74, 6) is -1.30. The maximum atomic E-state index is 14.5. The van der Waals surface area contributed by atoms with Crippen molar-refractivity contribution >= 4 is 31.9 Å². The molecule has 2 unspecified atom stereocenters. The van der Waals surface area contributed by atoms with Crippen LogP contribution in [0.1, 0.15) is 48.8 Å². The number of aldehydes is 1. The highest BCUT2D eigenvalue weighted by Gasteiger charge is 2.42. The Morgan fingerprint density at radius 2 is 1.11 bits per heavy atom. The average molecular weight is 625 g/mol. The van der Waals surface area contributed by atoms with Crippen molar-refractivity contribution in [2.45, 2.75) is 26.9 Å². The lowest BCUT2D eigenvalue weighted by molar-refractivity contribution is 0.0283. The molecule has 222 valence electrons. The van der Waals surface area contributed by atoms with Crippen LogP contribution < -0.4 is 0 Å². The van der Waals surface area contributed by atoms with Crippen LogP contribution in [0.15, 0.2) is 149 Å². The first-order valence-corrected chi connectivity index (χ1v) is 16.9. The Labute approximate surface area is 256 Å². The molecule has 0 saturated heterocycles.